The molecule has 0 aliphatic heterocycles. The summed E-state index contributed by atoms with van der Waals surface area (Å²) in [6.45, 7) is -0.533. The van der Waals surface area contributed by atoms with E-state index in [1.807, 2.05) is 0 Å². The smallest absolute Gasteiger partial charge is 0.180 e. The van der Waals surface area contributed by atoms with Crippen LogP contribution in [0.2, 0.25) is 0 Å². The summed E-state index contributed by atoms with van der Waals surface area (Å²) in [6, 6.07) is 0. The first-order valence-electron chi connectivity index (χ1n) is 3.96. The number of nitrogens with zero attached hydrogens (tertiary/aromatic N) is 4. The Hall–Kier alpha value is -1.25. The van der Waals surface area contributed by atoms with Crippen molar-refractivity contribution in [2.75, 3.05) is 0 Å². The number of aromatic nitrogens is 4. The van der Waals surface area contributed by atoms with Crippen molar-refractivity contribution in [2.45, 2.75) is 6.67 Å². The number of halogens is 1. The molecule has 0 atom stereocenters. The molecule has 0 aromatic carbocycles. The maximum atomic E-state index is 12.5. The zero-order valence-corrected chi connectivity index (χ0v) is 8.42. The molecule has 0 N–H and O–H groups in total. The molecule has 2 heterocycles. The van der Waals surface area contributed by atoms with Crippen LogP contribution in [-0.4, -0.2) is 36.0 Å². The first-order valence-corrected chi connectivity index (χ1v) is 4.54. The van der Waals surface area contributed by atoms with Gasteiger partial charge in [-0.1, -0.05) is 0 Å². The van der Waals surface area contributed by atoms with Crippen molar-refractivity contribution in [2.24, 2.45) is 0 Å². The summed E-state index contributed by atoms with van der Waals surface area (Å²) in [6.07, 6.45) is 6.09. The number of rotatable bonds is 2. The Bertz CT molecular complexity index is 429. The van der Waals surface area contributed by atoms with Gasteiger partial charge < -0.3 is 0 Å². The fourth-order valence-electron chi connectivity index (χ4n) is 1.12. The van der Waals surface area contributed by atoms with Crippen molar-refractivity contribution < 1.29 is 4.39 Å². The highest BCUT2D eigenvalue weighted by Crippen LogP contribution is 2.03. The van der Waals surface area contributed by atoms with E-state index in [-0.39, 0.29) is 0 Å². The van der Waals surface area contributed by atoms with Gasteiger partial charge in [0.15, 0.2) is 16.3 Å². The molecular weight excluding hydrogens is 198 g/mol. The van der Waals surface area contributed by atoms with Gasteiger partial charge in [0.25, 0.3) is 0 Å². The maximum Gasteiger partial charge on any atom is 0.180 e. The minimum Gasteiger partial charge on any atom is -0.262 e. The van der Waals surface area contributed by atoms with Crippen LogP contribution in [0.3, 0.4) is 0 Å². The topological polar surface area (TPSA) is 43.6 Å². The minimum atomic E-state index is -0.533. The van der Waals surface area contributed by atoms with Crippen LogP contribution in [0.4, 0.5) is 4.39 Å². The van der Waals surface area contributed by atoms with Crippen molar-refractivity contribution in [1.29, 1.82) is 0 Å². The van der Waals surface area contributed by atoms with Gasteiger partial charge in [-0.25, -0.2) is 14.1 Å². The molecule has 0 saturated heterocycles. The first kappa shape index (κ1) is 9.31. The number of alkyl halides is 1. The standard InChI is InChI=1S/C8H6FN4.Al/c9-2-7-1-8(4-10-3-7)13-6-11-5-12-13;/h3-6H,2H2;. The number of hydrogen-bond donors (Lipinski definition) is 0. The molecule has 0 spiro atoms. The van der Waals surface area contributed by atoms with Gasteiger partial charge in [-0.15, -0.1) is 4.43 Å². The second-order valence-corrected chi connectivity index (χ2v) is 3.28. The Morgan fingerprint density at radius 2 is 2.21 bits per heavy atom. The second-order valence-electron chi connectivity index (χ2n) is 2.71. The van der Waals surface area contributed by atoms with E-state index in [2.05, 4.69) is 31.4 Å². The molecule has 68 valence electrons. The summed E-state index contributed by atoms with van der Waals surface area (Å²) in [4.78, 5) is 7.75. The third-order valence-corrected chi connectivity index (χ3v) is 2.53. The van der Waals surface area contributed by atoms with Crippen LogP contribution in [0.1, 0.15) is 5.56 Å². The summed E-state index contributed by atoms with van der Waals surface area (Å²) in [5.41, 5.74) is 1.27. The SMILES string of the molecule is FCc1cncc(-n2cncn2)[c]1[Al]. The Morgan fingerprint density at radius 3 is 2.86 bits per heavy atom. The minimum absolute atomic E-state index is 0.533. The highest BCUT2D eigenvalue weighted by atomic mass is 27.0. The monoisotopic (exact) mass is 204 g/mol. The molecule has 4 nitrogen and oxygen atoms in total. The molecule has 0 amide bonds. The third kappa shape index (κ3) is 1.54. The fraction of sp³-hybridized carbons (Fsp3) is 0.125. The quantitative estimate of drug-likeness (QED) is 0.643. The van der Waals surface area contributed by atoms with E-state index in [1.165, 1.54) is 12.5 Å². The van der Waals surface area contributed by atoms with Crippen molar-refractivity contribution in [3.63, 3.8) is 0 Å². The van der Waals surface area contributed by atoms with Crippen LogP contribution in [0.15, 0.2) is 25.0 Å². The predicted octanol–water partition coefficient (Wildman–Crippen LogP) is -0.0744. The van der Waals surface area contributed by atoms with Crippen LogP contribution >= 0.6 is 0 Å². The Labute approximate surface area is 88.2 Å². The predicted molar refractivity (Wildman–Crippen MR) is 49.4 cm³/mol. The van der Waals surface area contributed by atoms with Gasteiger partial charge in [0.05, 0.1) is 11.9 Å². The number of hydrogen-bond acceptors (Lipinski definition) is 3. The molecule has 2 radical (unpaired) electrons. The molecule has 2 rings (SSSR count). The lowest BCUT2D eigenvalue weighted by atomic mass is 10.3. The lowest BCUT2D eigenvalue weighted by Crippen LogP contribution is -2.18. The molecule has 0 saturated carbocycles. The Balaban J connectivity index is 2.54. The zero-order chi connectivity index (χ0) is 9.97. The molecule has 0 unspecified atom stereocenters. The molecule has 2 aromatic rings. The highest BCUT2D eigenvalue weighted by molar-refractivity contribution is 6.35. The Kier molecular flexibility index (Phi) is 2.57. The second kappa shape index (κ2) is 3.86. The zero-order valence-electron chi connectivity index (χ0n) is 7.26. The normalized spacial score (nSPS) is 10.4. The Morgan fingerprint density at radius 1 is 1.36 bits per heavy atom. The van der Waals surface area contributed by atoms with Gasteiger partial charge in [0.2, 0.25) is 0 Å². The van der Waals surface area contributed by atoms with Crippen LogP contribution < -0.4 is 4.43 Å². The molecule has 14 heavy (non-hydrogen) atoms. The summed E-state index contributed by atoms with van der Waals surface area (Å²) < 4.78 is 14.8. The lowest BCUT2D eigenvalue weighted by Gasteiger charge is -2.08. The summed E-state index contributed by atoms with van der Waals surface area (Å²) in [7, 11) is 0. The third-order valence-electron chi connectivity index (χ3n) is 1.86. The first-order chi connectivity index (χ1) is 6.83. The van der Waals surface area contributed by atoms with Gasteiger partial charge in [0.1, 0.15) is 19.3 Å². The van der Waals surface area contributed by atoms with Crippen LogP contribution in [-0.2, 0) is 6.67 Å². The molecule has 2 aromatic heterocycles. The largest absolute Gasteiger partial charge is 0.262 e. The fourth-order valence-corrected chi connectivity index (χ4v) is 1.48. The average molecular weight is 204 g/mol. The van der Waals surface area contributed by atoms with E-state index in [1.54, 1.807) is 17.2 Å². The number of pyridine rings is 1. The van der Waals surface area contributed by atoms with E-state index >= 15 is 0 Å². The van der Waals surface area contributed by atoms with Crippen LogP contribution in [0.25, 0.3) is 5.69 Å². The van der Waals surface area contributed by atoms with Gasteiger partial charge >= 0.3 is 0 Å². The van der Waals surface area contributed by atoms with E-state index in [4.69, 9.17) is 0 Å². The molecule has 6 heteroatoms. The van der Waals surface area contributed by atoms with E-state index < -0.39 is 6.67 Å². The molecular formula is C8H6AlFN4. The summed E-state index contributed by atoms with van der Waals surface area (Å²) >= 11 is 2.49. The molecule has 0 aliphatic carbocycles. The maximum absolute atomic E-state index is 12.5. The van der Waals surface area contributed by atoms with Crippen molar-refractivity contribution >= 4 is 20.7 Å². The average Bonchev–Trinajstić information content (AvgIpc) is 2.71. The summed E-state index contributed by atoms with van der Waals surface area (Å²) in [5, 5.41) is 3.95. The van der Waals surface area contributed by atoms with Gasteiger partial charge in [-0.3, -0.25) is 4.98 Å². The molecule has 0 aliphatic rings. The lowest BCUT2D eigenvalue weighted by molar-refractivity contribution is 0.486. The van der Waals surface area contributed by atoms with Gasteiger partial charge in [-0.2, -0.15) is 5.10 Å². The molecule has 0 fully saturated rings. The van der Waals surface area contributed by atoms with E-state index in [0.717, 1.165) is 10.1 Å². The van der Waals surface area contributed by atoms with Crippen molar-refractivity contribution in [1.82, 2.24) is 19.7 Å². The van der Waals surface area contributed by atoms with E-state index in [9.17, 15) is 4.39 Å². The highest BCUT2D eigenvalue weighted by Gasteiger charge is 2.04. The van der Waals surface area contributed by atoms with Crippen LogP contribution in [0, 0.1) is 0 Å². The summed E-state index contributed by atoms with van der Waals surface area (Å²) in [5.74, 6) is 0. The molecule has 0 bridgehead atoms. The van der Waals surface area contributed by atoms with E-state index in [0.29, 0.717) is 5.56 Å². The van der Waals surface area contributed by atoms with Crippen molar-refractivity contribution in [3.05, 3.63) is 30.6 Å². The van der Waals surface area contributed by atoms with Crippen LogP contribution in [0.5, 0.6) is 0 Å². The van der Waals surface area contributed by atoms with Gasteiger partial charge in [0, 0.05) is 6.20 Å². The van der Waals surface area contributed by atoms with Gasteiger partial charge in [-0.05, 0) is 5.56 Å². The van der Waals surface area contributed by atoms with Crippen molar-refractivity contribution in [3.8, 4) is 5.69 Å².